The number of quaternary nitrogens is 1. The molecule has 0 bridgehead atoms. The van der Waals surface area contributed by atoms with Crippen LogP contribution in [0.5, 0.6) is 0 Å². The zero-order valence-corrected chi connectivity index (χ0v) is 65.6. The first-order valence-corrected chi connectivity index (χ1v) is 43.3. The number of hydrogen-bond donors (Lipinski definition) is 0. The van der Waals surface area contributed by atoms with Crippen LogP contribution in [0.3, 0.4) is 0 Å². The fourth-order valence-corrected chi connectivity index (χ4v) is 13.7. The molecule has 9 heteroatoms. The van der Waals surface area contributed by atoms with E-state index in [0.29, 0.717) is 17.4 Å². The lowest BCUT2D eigenvalue weighted by Crippen LogP contribution is -2.44. The molecular formula is C87H169NO8. The Morgan fingerprint density at radius 2 is 0.531 bits per heavy atom. The molecule has 0 aromatic heterocycles. The Bertz CT molecular complexity index is 1580. The minimum absolute atomic E-state index is 0.153. The van der Waals surface area contributed by atoms with E-state index in [2.05, 4.69) is 26.0 Å². The monoisotopic (exact) mass is 1360 g/mol. The van der Waals surface area contributed by atoms with Gasteiger partial charge < -0.3 is 33.3 Å². The highest BCUT2D eigenvalue weighted by molar-refractivity contribution is 5.70. The number of aliphatic carboxylic acids is 1. The predicted molar refractivity (Wildman–Crippen MR) is 413 cm³/mol. The van der Waals surface area contributed by atoms with E-state index in [4.69, 9.17) is 18.9 Å². The van der Waals surface area contributed by atoms with Crippen LogP contribution in [0.1, 0.15) is 470 Å². The SMILES string of the molecule is CCCCCCCCCC/C=C\CCCCCCCCCCCCCCCCCCCCCCCCCC(=O)OC(COC(=O)CCCCCCCCCCCCCCCCCCCCCCCCCCCCCCCCCCCCCC)COC(OCC[N+](C)(C)C)C(=O)[O-]. The van der Waals surface area contributed by atoms with E-state index in [1.165, 1.54) is 405 Å². The van der Waals surface area contributed by atoms with Crippen LogP contribution in [-0.2, 0) is 33.3 Å². The van der Waals surface area contributed by atoms with Gasteiger partial charge in [0.2, 0.25) is 0 Å². The molecule has 9 nitrogen and oxygen atoms in total. The summed E-state index contributed by atoms with van der Waals surface area (Å²) in [7, 11) is 5.96. The zero-order chi connectivity index (χ0) is 69.7. The van der Waals surface area contributed by atoms with Crippen LogP contribution < -0.4 is 5.11 Å². The quantitative estimate of drug-likeness (QED) is 0.0195. The molecule has 0 aromatic rings. The van der Waals surface area contributed by atoms with Crippen molar-refractivity contribution < 1.29 is 42.9 Å². The van der Waals surface area contributed by atoms with Gasteiger partial charge in [0.1, 0.15) is 13.2 Å². The summed E-state index contributed by atoms with van der Waals surface area (Å²) >= 11 is 0. The lowest BCUT2D eigenvalue weighted by atomic mass is 10.0. The molecule has 0 fully saturated rings. The van der Waals surface area contributed by atoms with Crippen molar-refractivity contribution in [1.82, 2.24) is 0 Å². The summed E-state index contributed by atoms with van der Waals surface area (Å²) in [6.07, 6.45) is 96.6. The topological polar surface area (TPSA) is 111 Å². The molecule has 0 aliphatic rings. The molecular weight excluding hydrogens is 1190 g/mol. The van der Waals surface area contributed by atoms with Gasteiger partial charge in [-0.25, -0.2) is 0 Å². The maximum atomic E-state index is 13.0. The summed E-state index contributed by atoms with van der Waals surface area (Å²) in [5, 5.41) is 11.9. The van der Waals surface area contributed by atoms with Gasteiger partial charge in [-0.2, -0.15) is 0 Å². The van der Waals surface area contributed by atoms with Crippen LogP contribution in [0.2, 0.25) is 0 Å². The molecule has 0 radical (unpaired) electrons. The molecule has 0 aliphatic heterocycles. The van der Waals surface area contributed by atoms with Crippen LogP contribution in [0, 0.1) is 0 Å². The molecule has 0 spiro atoms. The normalized spacial score (nSPS) is 12.6. The van der Waals surface area contributed by atoms with Gasteiger partial charge in [0.05, 0.1) is 40.3 Å². The number of unbranched alkanes of at least 4 members (excludes halogenated alkanes) is 66. The second-order valence-electron chi connectivity index (χ2n) is 31.2. The van der Waals surface area contributed by atoms with Crippen molar-refractivity contribution in [3.05, 3.63) is 12.2 Å². The minimum Gasteiger partial charge on any atom is -0.545 e. The second kappa shape index (κ2) is 78.7. The van der Waals surface area contributed by atoms with Crippen molar-refractivity contribution in [2.75, 3.05) is 47.5 Å². The maximum Gasteiger partial charge on any atom is 0.306 e. The van der Waals surface area contributed by atoms with E-state index >= 15 is 0 Å². The van der Waals surface area contributed by atoms with E-state index < -0.39 is 24.3 Å². The van der Waals surface area contributed by atoms with Gasteiger partial charge in [0.25, 0.3) is 0 Å². The Balaban J connectivity index is 3.91. The fourth-order valence-electron chi connectivity index (χ4n) is 13.7. The van der Waals surface area contributed by atoms with E-state index in [1.807, 2.05) is 21.1 Å². The van der Waals surface area contributed by atoms with Crippen molar-refractivity contribution in [1.29, 1.82) is 0 Å². The molecule has 2 atom stereocenters. The number of carbonyl (C=O) groups is 3. The van der Waals surface area contributed by atoms with Gasteiger partial charge in [-0.15, -0.1) is 0 Å². The third-order valence-electron chi connectivity index (χ3n) is 20.3. The van der Waals surface area contributed by atoms with Crippen molar-refractivity contribution in [3.8, 4) is 0 Å². The molecule has 0 aromatic carbocycles. The highest BCUT2D eigenvalue weighted by Crippen LogP contribution is 2.21. The summed E-state index contributed by atoms with van der Waals surface area (Å²) < 4.78 is 22.9. The Hall–Kier alpha value is -1.97. The number of carboxylic acids is 1. The molecule has 0 N–H and O–H groups in total. The van der Waals surface area contributed by atoms with Crippen molar-refractivity contribution in [2.45, 2.75) is 482 Å². The summed E-state index contributed by atoms with van der Waals surface area (Å²) in [6.45, 7) is 4.85. The second-order valence-corrected chi connectivity index (χ2v) is 31.2. The number of allylic oxidation sites excluding steroid dienone is 2. The number of rotatable bonds is 83. The average Bonchev–Trinajstić information content (AvgIpc) is 2.43. The van der Waals surface area contributed by atoms with E-state index in [-0.39, 0.29) is 32.2 Å². The standard InChI is InChI=1S/C87H169NO8/c1-6-8-10-12-14-16-18-20-22-24-26-28-30-32-34-36-38-40-42-44-45-47-49-51-53-55-57-59-61-63-65-67-69-71-73-75-77-84(89)94-81-83(82-95-87(86(91)92)93-80-79-88(3,4)5)96-85(90)78-76-74-72-70-68-66-64-62-60-58-56-54-52-50-48-46-43-41-39-37-35-33-31-29-27-25-23-21-19-17-15-13-11-9-7-2/h25,27,83,87H,6-24,26,28-82H2,1-5H3/b27-25-. The zero-order valence-electron chi connectivity index (χ0n) is 65.6. The van der Waals surface area contributed by atoms with Gasteiger partial charge in [0, 0.05) is 12.8 Å². The molecule has 570 valence electrons. The van der Waals surface area contributed by atoms with Gasteiger partial charge in [-0.05, 0) is 38.5 Å². The average molecular weight is 1360 g/mol. The lowest BCUT2D eigenvalue weighted by molar-refractivity contribution is -0.870. The summed E-state index contributed by atoms with van der Waals surface area (Å²) in [4.78, 5) is 37.7. The van der Waals surface area contributed by atoms with E-state index in [0.717, 1.165) is 38.5 Å². The number of hydrogen-bond acceptors (Lipinski definition) is 8. The fraction of sp³-hybridized carbons (Fsp3) is 0.943. The number of likely N-dealkylation sites (N-methyl/N-ethyl adjacent to an activating group) is 1. The lowest BCUT2D eigenvalue weighted by Gasteiger charge is -2.26. The smallest absolute Gasteiger partial charge is 0.306 e. The molecule has 0 aliphatic carbocycles. The Kier molecular flexibility index (Phi) is 77.1. The van der Waals surface area contributed by atoms with Gasteiger partial charge in [-0.1, -0.05) is 431 Å². The van der Waals surface area contributed by atoms with Crippen molar-refractivity contribution in [3.63, 3.8) is 0 Å². The molecule has 0 saturated heterocycles. The predicted octanol–water partition coefficient (Wildman–Crippen LogP) is 26.5. The van der Waals surface area contributed by atoms with Gasteiger partial charge in [0.15, 0.2) is 12.4 Å². The van der Waals surface area contributed by atoms with Crippen LogP contribution in [0.25, 0.3) is 0 Å². The third kappa shape index (κ3) is 79.4. The number of ether oxygens (including phenoxy) is 4. The van der Waals surface area contributed by atoms with Crippen LogP contribution in [-0.4, -0.2) is 82.3 Å². The highest BCUT2D eigenvalue weighted by Gasteiger charge is 2.22. The molecule has 0 heterocycles. The number of carboxylic acid groups (broad SMARTS) is 1. The number of carbonyl (C=O) groups excluding carboxylic acids is 3. The third-order valence-corrected chi connectivity index (χ3v) is 20.3. The van der Waals surface area contributed by atoms with E-state index in [9.17, 15) is 19.5 Å². The largest absolute Gasteiger partial charge is 0.545 e. The Morgan fingerprint density at radius 3 is 0.771 bits per heavy atom. The van der Waals surface area contributed by atoms with Crippen LogP contribution in [0.15, 0.2) is 12.2 Å². The van der Waals surface area contributed by atoms with Crippen molar-refractivity contribution in [2.24, 2.45) is 0 Å². The first-order valence-electron chi connectivity index (χ1n) is 43.3. The van der Waals surface area contributed by atoms with Gasteiger partial charge in [-0.3, -0.25) is 9.59 Å². The minimum atomic E-state index is -1.62. The first-order chi connectivity index (χ1) is 47.1. The maximum absolute atomic E-state index is 13.0. The Labute approximate surface area is 599 Å². The van der Waals surface area contributed by atoms with E-state index in [1.54, 1.807) is 0 Å². The summed E-state index contributed by atoms with van der Waals surface area (Å²) in [5.74, 6) is -2.24. The Morgan fingerprint density at radius 1 is 0.302 bits per heavy atom. The highest BCUT2D eigenvalue weighted by atomic mass is 16.7. The number of esters is 2. The molecule has 0 saturated carbocycles. The van der Waals surface area contributed by atoms with Crippen LogP contribution in [0.4, 0.5) is 0 Å². The number of nitrogens with zero attached hydrogens (tertiary/aromatic N) is 1. The molecule has 96 heavy (non-hydrogen) atoms. The first kappa shape index (κ1) is 94.0. The summed E-state index contributed by atoms with van der Waals surface area (Å²) in [5.41, 5.74) is 0. The van der Waals surface area contributed by atoms with Crippen molar-refractivity contribution >= 4 is 17.9 Å². The molecule has 0 rings (SSSR count). The van der Waals surface area contributed by atoms with Crippen LogP contribution >= 0.6 is 0 Å². The van der Waals surface area contributed by atoms with Gasteiger partial charge >= 0.3 is 11.9 Å². The molecule has 2 unspecified atom stereocenters. The summed E-state index contributed by atoms with van der Waals surface area (Å²) in [6, 6.07) is 0. The molecule has 0 amide bonds.